The number of thiol groups is 1. The van der Waals surface area contributed by atoms with Crippen LogP contribution in [-0.2, 0) is 6.42 Å². The molecule has 18 heavy (non-hydrogen) atoms. The predicted molar refractivity (Wildman–Crippen MR) is 80.5 cm³/mol. The van der Waals surface area contributed by atoms with Crippen molar-refractivity contribution in [1.82, 2.24) is 0 Å². The lowest BCUT2D eigenvalue weighted by molar-refractivity contribution is 0.320. The van der Waals surface area contributed by atoms with Crippen molar-refractivity contribution in [2.24, 2.45) is 5.92 Å². The molecule has 0 heterocycles. The van der Waals surface area contributed by atoms with Gasteiger partial charge < -0.3 is 9.47 Å². The molecule has 1 atom stereocenters. The average molecular weight is 289 g/mol. The van der Waals surface area contributed by atoms with Gasteiger partial charge in [0.15, 0.2) is 0 Å². The topological polar surface area (TPSA) is 18.5 Å². The second-order valence-corrected chi connectivity index (χ2v) is 5.02. The molecule has 0 N–H and O–H groups in total. The Bertz CT molecular complexity index is 382. The first kappa shape index (κ1) is 15.5. The van der Waals surface area contributed by atoms with Crippen molar-refractivity contribution in [3.63, 3.8) is 0 Å². The van der Waals surface area contributed by atoms with Gasteiger partial charge in [-0.3, -0.25) is 0 Å². The Kier molecular flexibility index (Phi) is 6.72. The minimum atomic E-state index is 0.488. The van der Waals surface area contributed by atoms with Gasteiger partial charge in [-0.2, -0.15) is 12.6 Å². The Hall–Kier alpha value is -0.540. The lowest BCUT2D eigenvalue weighted by atomic mass is 10.0. The van der Waals surface area contributed by atoms with E-state index in [9.17, 15) is 0 Å². The quantitative estimate of drug-likeness (QED) is 0.756. The maximum Gasteiger partial charge on any atom is 0.141 e. The molecule has 0 saturated carbocycles. The Morgan fingerprint density at radius 3 is 2.33 bits per heavy atom. The first-order chi connectivity index (χ1) is 8.62. The molecule has 0 saturated heterocycles. The molecule has 1 aromatic rings. The number of halogens is 1. The van der Waals surface area contributed by atoms with Crippen LogP contribution in [0, 0.1) is 5.92 Å². The smallest absolute Gasteiger partial charge is 0.141 e. The van der Waals surface area contributed by atoms with Gasteiger partial charge >= 0.3 is 0 Å². The van der Waals surface area contributed by atoms with Crippen molar-refractivity contribution in [1.29, 1.82) is 0 Å². The van der Waals surface area contributed by atoms with Crippen LogP contribution >= 0.6 is 24.2 Å². The van der Waals surface area contributed by atoms with Crippen LogP contribution in [0.2, 0.25) is 5.02 Å². The highest BCUT2D eigenvalue weighted by molar-refractivity contribution is 7.80. The van der Waals surface area contributed by atoms with Crippen molar-refractivity contribution in [3.05, 3.63) is 22.7 Å². The zero-order valence-electron chi connectivity index (χ0n) is 11.2. The molecule has 102 valence electrons. The lowest BCUT2D eigenvalue weighted by Gasteiger charge is -2.16. The van der Waals surface area contributed by atoms with E-state index in [0.29, 0.717) is 29.9 Å². The third kappa shape index (κ3) is 4.29. The van der Waals surface area contributed by atoms with Crippen LogP contribution in [0.1, 0.15) is 26.3 Å². The molecule has 1 rings (SSSR count). The van der Waals surface area contributed by atoms with E-state index in [4.69, 9.17) is 21.1 Å². The van der Waals surface area contributed by atoms with Crippen molar-refractivity contribution in [2.75, 3.05) is 19.0 Å². The van der Waals surface area contributed by atoms with Crippen LogP contribution in [0.15, 0.2) is 12.1 Å². The third-order valence-corrected chi connectivity index (χ3v) is 3.51. The largest absolute Gasteiger partial charge is 0.493 e. The van der Waals surface area contributed by atoms with E-state index in [1.807, 2.05) is 26.0 Å². The molecule has 0 bridgehead atoms. The fourth-order valence-electron chi connectivity index (χ4n) is 1.73. The van der Waals surface area contributed by atoms with Gasteiger partial charge in [-0.15, -0.1) is 0 Å². The van der Waals surface area contributed by atoms with E-state index < -0.39 is 0 Å². The summed E-state index contributed by atoms with van der Waals surface area (Å²) in [6, 6.07) is 3.83. The highest BCUT2D eigenvalue weighted by atomic mass is 35.5. The molecular weight excluding hydrogens is 268 g/mol. The second-order valence-electron chi connectivity index (χ2n) is 4.25. The highest BCUT2D eigenvalue weighted by Gasteiger charge is 2.13. The van der Waals surface area contributed by atoms with Crippen LogP contribution in [0.25, 0.3) is 0 Å². The fraction of sp³-hybridized carbons (Fsp3) is 0.571. The van der Waals surface area contributed by atoms with Gasteiger partial charge in [0.05, 0.1) is 18.2 Å². The Balaban J connectivity index is 3.03. The summed E-state index contributed by atoms with van der Waals surface area (Å²) in [4.78, 5) is 0. The molecule has 0 aliphatic carbocycles. The third-order valence-electron chi connectivity index (χ3n) is 2.59. The number of hydrogen-bond acceptors (Lipinski definition) is 3. The summed E-state index contributed by atoms with van der Waals surface area (Å²) in [5.41, 5.74) is 1.12. The molecule has 0 radical (unpaired) electrons. The van der Waals surface area contributed by atoms with Gasteiger partial charge in [0, 0.05) is 6.07 Å². The van der Waals surface area contributed by atoms with E-state index in [0.717, 1.165) is 23.5 Å². The van der Waals surface area contributed by atoms with Crippen molar-refractivity contribution in [2.45, 2.75) is 27.2 Å². The Morgan fingerprint density at radius 1 is 1.17 bits per heavy atom. The first-order valence-corrected chi connectivity index (χ1v) is 7.32. The lowest BCUT2D eigenvalue weighted by Crippen LogP contribution is -2.05. The molecule has 0 fully saturated rings. The Labute approximate surface area is 120 Å². The summed E-state index contributed by atoms with van der Waals surface area (Å²) in [5.74, 6) is 2.88. The zero-order chi connectivity index (χ0) is 13.5. The molecule has 0 aromatic heterocycles. The van der Waals surface area contributed by atoms with Crippen molar-refractivity contribution < 1.29 is 9.47 Å². The molecular formula is C14H21ClO2S. The number of benzene rings is 1. The number of ether oxygens (including phenoxy) is 2. The molecule has 2 nitrogen and oxygen atoms in total. The predicted octanol–water partition coefficient (Wildman–Crippen LogP) is 4.25. The normalized spacial score (nSPS) is 12.3. The molecule has 0 amide bonds. The van der Waals surface area contributed by atoms with Crippen molar-refractivity contribution >= 4 is 24.2 Å². The number of rotatable bonds is 7. The van der Waals surface area contributed by atoms with Gasteiger partial charge in [0.2, 0.25) is 0 Å². The molecule has 1 unspecified atom stereocenters. The van der Waals surface area contributed by atoms with Crippen LogP contribution in [-0.4, -0.2) is 19.0 Å². The summed E-state index contributed by atoms with van der Waals surface area (Å²) in [6.07, 6.45) is 0.908. The fourth-order valence-corrected chi connectivity index (χ4v) is 2.10. The van der Waals surface area contributed by atoms with Crippen LogP contribution in [0.4, 0.5) is 0 Å². The SMILES string of the molecule is CCOc1cc(OCC)c(CC(C)CS)cc1Cl. The zero-order valence-corrected chi connectivity index (χ0v) is 12.9. The van der Waals surface area contributed by atoms with E-state index >= 15 is 0 Å². The van der Waals surface area contributed by atoms with Gasteiger partial charge in [-0.1, -0.05) is 18.5 Å². The van der Waals surface area contributed by atoms with Gasteiger partial charge in [0.25, 0.3) is 0 Å². The number of hydrogen-bond donors (Lipinski definition) is 1. The maximum absolute atomic E-state index is 6.21. The summed E-state index contributed by atoms with van der Waals surface area (Å²) in [6.45, 7) is 7.30. The second kappa shape index (κ2) is 7.80. The highest BCUT2D eigenvalue weighted by Crippen LogP contribution is 2.34. The minimum absolute atomic E-state index is 0.488. The molecule has 1 aromatic carbocycles. The van der Waals surface area contributed by atoms with E-state index in [2.05, 4.69) is 19.6 Å². The first-order valence-electron chi connectivity index (χ1n) is 6.31. The Morgan fingerprint density at radius 2 is 1.78 bits per heavy atom. The van der Waals surface area contributed by atoms with Crippen LogP contribution < -0.4 is 9.47 Å². The van der Waals surface area contributed by atoms with Crippen LogP contribution in [0.5, 0.6) is 11.5 Å². The summed E-state index contributed by atoms with van der Waals surface area (Å²) >= 11 is 10.5. The minimum Gasteiger partial charge on any atom is -0.493 e. The molecule has 0 aliphatic rings. The van der Waals surface area contributed by atoms with Gasteiger partial charge in [-0.05, 0) is 43.6 Å². The van der Waals surface area contributed by atoms with Gasteiger partial charge in [0.1, 0.15) is 11.5 Å². The van der Waals surface area contributed by atoms with Crippen molar-refractivity contribution in [3.8, 4) is 11.5 Å². The average Bonchev–Trinajstić information content (AvgIpc) is 2.35. The van der Waals surface area contributed by atoms with E-state index in [1.54, 1.807) is 0 Å². The summed E-state index contributed by atoms with van der Waals surface area (Å²) < 4.78 is 11.1. The van der Waals surface area contributed by atoms with E-state index in [1.165, 1.54) is 0 Å². The van der Waals surface area contributed by atoms with E-state index in [-0.39, 0.29) is 0 Å². The monoisotopic (exact) mass is 288 g/mol. The summed E-state index contributed by atoms with van der Waals surface area (Å²) in [5, 5.41) is 0.640. The van der Waals surface area contributed by atoms with Crippen LogP contribution in [0.3, 0.4) is 0 Å². The molecule has 4 heteroatoms. The summed E-state index contributed by atoms with van der Waals surface area (Å²) in [7, 11) is 0. The molecule has 0 aliphatic heterocycles. The maximum atomic E-state index is 6.21. The molecule has 0 spiro atoms. The standard InChI is InChI=1S/C14H21ClO2S/c1-4-16-13-8-14(17-5-2)12(15)7-11(13)6-10(3)9-18/h7-8,10,18H,4-6,9H2,1-3H3. The van der Waals surface area contributed by atoms with Gasteiger partial charge in [-0.25, -0.2) is 0 Å².